The molecule has 0 spiro atoms. The Kier molecular flexibility index (Phi) is 2.26. The van der Waals surface area contributed by atoms with Gasteiger partial charge < -0.3 is 4.57 Å². The molecule has 2 rings (SSSR count). The number of nitrogens with zero attached hydrogens (tertiary/aromatic N) is 5. The minimum atomic E-state index is 0.804. The first kappa shape index (κ1) is 7.85. The molecule has 0 unspecified atom stereocenters. The maximum Gasteiger partial charge on any atom is 0.133 e. The van der Waals surface area contributed by atoms with Crippen molar-refractivity contribution in [2.75, 3.05) is 0 Å². The van der Waals surface area contributed by atoms with Crippen LogP contribution < -0.4 is 0 Å². The van der Waals surface area contributed by atoms with Crippen LogP contribution in [-0.4, -0.2) is 24.5 Å². The van der Waals surface area contributed by atoms with Crippen LogP contribution in [0.25, 0.3) is 0 Å². The van der Waals surface area contributed by atoms with Gasteiger partial charge in [0.05, 0.1) is 6.33 Å². The Morgan fingerprint density at radius 2 is 2.00 bits per heavy atom. The van der Waals surface area contributed by atoms with E-state index in [4.69, 9.17) is 0 Å². The van der Waals surface area contributed by atoms with Crippen molar-refractivity contribution in [2.45, 2.75) is 13.0 Å². The minimum Gasteiger partial charge on any atom is -0.337 e. The molecule has 5 nitrogen and oxygen atoms in total. The van der Waals surface area contributed by atoms with Crippen molar-refractivity contribution in [1.82, 2.24) is 24.5 Å². The van der Waals surface area contributed by atoms with Crippen LogP contribution in [0.4, 0.5) is 0 Å². The summed E-state index contributed by atoms with van der Waals surface area (Å²) in [5.74, 6) is 0.809. The molecule has 0 aliphatic rings. The predicted octanol–water partition coefficient (Wildman–Crippen LogP) is 0.311. The van der Waals surface area contributed by atoms with Crippen LogP contribution in [0.2, 0.25) is 0 Å². The molecule has 66 valence electrons. The number of hydrogen-bond acceptors (Lipinski definition) is 4. The maximum absolute atomic E-state index is 4.02. The molecular weight excluding hydrogens is 166 g/mol. The first-order chi connectivity index (χ1) is 6.45. The van der Waals surface area contributed by atoms with Gasteiger partial charge in [-0.15, -0.1) is 0 Å². The quantitative estimate of drug-likeness (QED) is 0.673. The molecule has 0 atom stereocenters. The highest BCUT2D eigenvalue weighted by Gasteiger charge is 1.95. The Balaban J connectivity index is 1.94. The van der Waals surface area contributed by atoms with Gasteiger partial charge in [0.15, 0.2) is 0 Å². The van der Waals surface area contributed by atoms with E-state index in [0.717, 1.165) is 18.8 Å². The van der Waals surface area contributed by atoms with Gasteiger partial charge in [-0.3, -0.25) is 0 Å². The Labute approximate surface area is 75.5 Å². The third kappa shape index (κ3) is 2.08. The van der Waals surface area contributed by atoms with E-state index in [0.29, 0.717) is 0 Å². The van der Waals surface area contributed by atoms with Crippen LogP contribution in [0.5, 0.6) is 0 Å². The summed E-state index contributed by atoms with van der Waals surface area (Å²) in [5, 5.41) is 0. The lowest BCUT2D eigenvalue weighted by molar-refractivity contribution is 0.667. The van der Waals surface area contributed by atoms with Crippen molar-refractivity contribution in [1.29, 1.82) is 0 Å². The number of imidazole rings is 1. The predicted molar refractivity (Wildman–Crippen MR) is 45.8 cm³/mol. The summed E-state index contributed by atoms with van der Waals surface area (Å²) in [6.07, 6.45) is 9.28. The Morgan fingerprint density at radius 3 is 2.69 bits per heavy atom. The number of hydrogen-bond donors (Lipinski definition) is 0. The number of aromatic nitrogens is 5. The molecule has 13 heavy (non-hydrogen) atoms. The molecule has 0 saturated heterocycles. The van der Waals surface area contributed by atoms with Crippen LogP contribution in [-0.2, 0) is 13.0 Å². The van der Waals surface area contributed by atoms with Gasteiger partial charge in [-0.1, -0.05) is 0 Å². The first-order valence-electron chi connectivity index (χ1n) is 4.02. The summed E-state index contributed by atoms with van der Waals surface area (Å²) in [4.78, 5) is 15.7. The Hall–Kier alpha value is -1.78. The second-order valence-electron chi connectivity index (χ2n) is 2.60. The largest absolute Gasteiger partial charge is 0.337 e. The normalized spacial score (nSPS) is 10.2. The Bertz CT molecular complexity index is 342. The molecular formula is C8H9N5. The zero-order valence-corrected chi connectivity index (χ0v) is 7.04. The monoisotopic (exact) mass is 175 g/mol. The van der Waals surface area contributed by atoms with Crippen molar-refractivity contribution >= 4 is 0 Å². The van der Waals surface area contributed by atoms with E-state index in [1.165, 1.54) is 12.7 Å². The van der Waals surface area contributed by atoms with E-state index in [-0.39, 0.29) is 0 Å². The molecule has 2 aromatic rings. The molecule has 0 bridgehead atoms. The van der Waals surface area contributed by atoms with E-state index in [1.807, 2.05) is 10.8 Å². The average Bonchev–Trinajstić information content (AvgIpc) is 2.69. The average molecular weight is 175 g/mol. The minimum absolute atomic E-state index is 0.804. The summed E-state index contributed by atoms with van der Waals surface area (Å²) < 4.78 is 1.99. The van der Waals surface area contributed by atoms with Gasteiger partial charge in [0.1, 0.15) is 18.5 Å². The molecule has 0 aliphatic carbocycles. The smallest absolute Gasteiger partial charge is 0.133 e. The maximum atomic E-state index is 4.02. The van der Waals surface area contributed by atoms with E-state index >= 15 is 0 Å². The van der Waals surface area contributed by atoms with Gasteiger partial charge in [0, 0.05) is 25.4 Å². The molecule has 0 fully saturated rings. The zero-order chi connectivity index (χ0) is 8.93. The fraction of sp³-hybridized carbons (Fsp3) is 0.250. The molecule has 5 heteroatoms. The van der Waals surface area contributed by atoms with Gasteiger partial charge in [-0.2, -0.15) is 0 Å². The summed E-state index contributed by atoms with van der Waals surface area (Å²) in [7, 11) is 0. The molecule has 2 heterocycles. The summed E-state index contributed by atoms with van der Waals surface area (Å²) in [6, 6.07) is 0. The second-order valence-corrected chi connectivity index (χ2v) is 2.60. The van der Waals surface area contributed by atoms with E-state index in [2.05, 4.69) is 19.9 Å². The van der Waals surface area contributed by atoms with E-state index < -0.39 is 0 Å². The summed E-state index contributed by atoms with van der Waals surface area (Å²) >= 11 is 0. The Morgan fingerprint density at radius 1 is 1.15 bits per heavy atom. The fourth-order valence-corrected chi connectivity index (χ4v) is 1.04. The highest BCUT2D eigenvalue weighted by atomic mass is 15.0. The van der Waals surface area contributed by atoms with Crippen LogP contribution in [0.1, 0.15) is 5.82 Å². The number of rotatable bonds is 3. The third-order valence-corrected chi connectivity index (χ3v) is 1.70. The zero-order valence-electron chi connectivity index (χ0n) is 7.04. The van der Waals surface area contributed by atoms with Crippen LogP contribution in [0.15, 0.2) is 31.4 Å². The summed E-state index contributed by atoms with van der Waals surface area (Å²) in [5.41, 5.74) is 0. The molecule has 0 radical (unpaired) electrons. The van der Waals surface area contributed by atoms with E-state index in [9.17, 15) is 0 Å². The van der Waals surface area contributed by atoms with E-state index in [1.54, 1.807) is 12.5 Å². The van der Waals surface area contributed by atoms with Crippen molar-refractivity contribution in [3.8, 4) is 0 Å². The van der Waals surface area contributed by atoms with Crippen molar-refractivity contribution < 1.29 is 0 Å². The fourth-order valence-electron chi connectivity index (χ4n) is 1.04. The summed E-state index contributed by atoms with van der Waals surface area (Å²) in [6.45, 7) is 0.851. The highest BCUT2D eigenvalue weighted by molar-refractivity contribution is 4.83. The third-order valence-electron chi connectivity index (χ3n) is 1.70. The molecule has 0 aliphatic heterocycles. The molecule has 0 aromatic carbocycles. The SMILES string of the molecule is c1cn(CCc2ncncn2)cn1. The standard InChI is InChI=1S/C8H9N5/c1(3-13-4-2-9-7-13)8-11-5-10-6-12-8/h2,4-7H,1,3H2. The van der Waals surface area contributed by atoms with Gasteiger partial charge in [0.25, 0.3) is 0 Å². The van der Waals surface area contributed by atoms with Gasteiger partial charge in [-0.25, -0.2) is 19.9 Å². The van der Waals surface area contributed by atoms with Gasteiger partial charge in [0.2, 0.25) is 0 Å². The van der Waals surface area contributed by atoms with Crippen molar-refractivity contribution in [3.05, 3.63) is 37.2 Å². The van der Waals surface area contributed by atoms with Crippen LogP contribution in [0.3, 0.4) is 0 Å². The molecule has 0 saturated carbocycles. The lowest BCUT2D eigenvalue weighted by Crippen LogP contribution is -2.02. The van der Waals surface area contributed by atoms with Gasteiger partial charge in [-0.05, 0) is 0 Å². The van der Waals surface area contributed by atoms with Crippen LogP contribution >= 0.6 is 0 Å². The highest BCUT2D eigenvalue weighted by Crippen LogP contribution is 1.92. The topological polar surface area (TPSA) is 56.5 Å². The molecule has 0 N–H and O–H groups in total. The van der Waals surface area contributed by atoms with Crippen molar-refractivity contribution in [2.24, 2.45) is 0 Å². The molecule has 2 aromatic heterocycles. The van der Waals surface area contributed by atoms with Crippen molar-refractivity contribution in [3.63, 3.8) is 0 Å². The second kappa shape index (κ2) is 3.75. The lowest BCUT2D eigenvalue weighted by atomic mass is 10.4. The molecule has 0 amide bonds. The lowest BCUT2D eigenvalue weighted by Gasteiger charge is -1.99. The first-order valence-corrected chi connectivity index (χ1v) is 4.02. The van der Waals surface area contributed by atoms with Crippen LogP contribution in [0, 0.1) is 0 Å². The van der Waals surface area contributed by atoms with Gasteiger partial charge >= 0.3 is 0 Å². The number of aryl methyl sites for hydroxylation is 2.